The Morgan fingerprint density at radius 2 is 2.00 bits per heavy atom. The second kappa shape index (κ2) is 1.88. The third-order valence-electron chi connectivity index (χ3n) is 2.01. The average Bonchev–Trinajstić information content (AvgIpc) is 2.87. The van der Waals surface area contributed by atoms with Gasteiger partial charge in [-0.1, -0.05) is 24.3 Å². The van der Waals surface area contributed by atoms with Crippen molar-refractivity contribution < 1.29 is 0 Å². The van der Waals surface area contributed by atoms with Crippen LogP contribution in [0.5, 0.6) is 0 Å². The number of hydrogen-bond acceptors (Lipinski definition) is 1. The average molecular weight is 157 g/mol. The van der Waals surface area contributed by atoms with Gasteiger partial charge in [0.25, 0.3) is 0 Å². The van der Waals surface area contributed by atoms with Crippen LogP contribution in [0.15, 0.2) is 30.3 Å². The summed E-state index contributed by atoms with van der Waals surface area (Å²) in [5.41, 5.74) is 3.41. The molecule has 2 N–H and O–H groups in total. The Morgan fingerprint density at radius 1 is 1.08 bits per heavy atom. The fourth-order valence-corrected chi connectivity index (χ4v) is 1.34. The molecule has 0 unspecified atom stereocenters. The van der Waals surface area contributed by atoms with Crippen molar-refractivity contribution in [2.75, 3.05) is 0 Å². The molecule has 58 valence electrons. The van der Waals surface area contributed by atoms with Crippen molar-refractivity contribution in [2.45, 2.75) is 0 Å². The highest BCUT2D eigenvalue weighted by Crippen LogP contribution is 2.34. The predicted octanol–water partition coefficient (Wildman–Crippen LogP) is 1.95. The van der Waals surface area contributed by atoms with Crippen LogP contribution in [-0.2, 0) is 0 Å². The number of rotatable bonds is 0. The number of hydrogen-bond donors (Lipinski definition) is 2. The van der Waals surface area contributed by atoms with Crippen molar-refractivity contribution in [2.24, 2.45) is 0 Å². The van der Waals surface area contributed by atoms with E-state index in [1.807, 2.05) is 24.3 Å². The van der Waals surface area contributed by atoms with Gasteiger partial charge in [-0.15, -0.1) is 0 Å². The van der Waals surface area contributed by atoms with Crippen molar-refractivity contribution in [1.29, 1.82) is 0 Å². The number of nitrogens with one attached hydrogen (secondary N) is 2. The van der Waals surface area contributed by atoms with Gasteiger partial charge in [-0.25, -0.2) is 0 Å². The number of aromatic nitrogens is 3. The molecule has 0 saturated carbocycles. The van der Waals surface area contributed by atoms with Gasteiger partial charge >= 0.3 is 0 Å². The van der Waals surface area contributed by atoms with Gasteiger partial charge in [0.15, 0.2) is 5.82 Å². The maximum absolute atomic E-state index is 4.09. The van der Waals surface area contributed by atoms with Gasteiger partial charge in [-0.2, -0.15) is 5.10 Å². The molecule has 0 fully saturated rings. The SMILES string of the molecule is c1ccc2[nH]nc3[nH]c-3c-2cc1. The Balaban J connectivity index is 2.41. The summed E-state index contributed by atoms with van der Waals surface area (Å²) in [6.07, 6.45) is 0. The van der Waals surface area contributed by atoms with Gasteiger partial charge in [0, 0.05) is 5.56 Å². The van der Waals surface area contributed by atoms with Crippen molar-refractivity contribution >= 4 is 0 Å². The molecule has 3 rings (SSSR count). The second-order valence-electron chi connectivity index (χ2n) is 2.81. The fraction of sp³-hybridized carbons (Fsp3) is 0. The van der Waals surface area contributed by atoms with E-state index >= 15 is 0 Å². The highest BCUT2D eigenvalue weighted by atomic mass is 15.2. The van der Waals surface area contributed by atoms with E-state index in [4.69, 9.17) is 0 Å². The topological polar surface area (TPSA) is 44.5 Å². The van der Waals surface area contributed by atoms with Crippen LogP contribution in [0, 0.1) is 0 Å². The number of fused-ring (bicyclic) bond motifs is 3. The molecule has 1 aliphatic carbocycles. The molecule has 0 amide bonds. The summed E-state index contributed by atoms with van der Waals surface area (Å²) >= 11 is 0. The first-order valence-electron chi connectivity index (χ1n) is 3.86. The van der Waals surface area contributed by atoms with E-state index in [0.717, 1.165) is 17.2 Å². The third-order valence-corrected chi connectivity index (χ3v) is 2.01. The van der Waals surface area contributed by atoms with E-state index in [0.29, 0.717) is 0 Å². The van der Waals surface area contributed by atoms with Crippen LogP contribution >= 0.6 is 0 Å². The molecular formula is C9H7N3. The van der Waals surface area contributed by atoms with Crippen LogP contribution in [0.2, 0.25) is 0 Å². The van der Waals surface area contributed by atoms with Gasteiger partial charge in [0.2, 0.25) is 0 Å². The Labute approximate surface area is 69.1 Å². The fourth-order valence-electron chi connectivity index (χ4n) is 1.34. The molecule has 2 aliphatic heterocycles. The van der Waals surface area contributed by atoms with Gasteiger partial charge < -0.3 is 4.98 Å². The van der Waals surface area contributed by atoms with Crippen LogP contribution in [0.4, 0.5) is 0 Å². The molecule has 3 aliphatic rings. The summed E-state index contributed by atoms with van der Waals surface area (Å²) in [5, 5.41) is 7.07. The largest absolute Gasteiger partial charge is 0.333 e. The minimum Gasteiger partial charge on any atom is -0.333 e. The second-order valence-corrected chi connectivity index (χ2v) is 2.81. The summed E-state index contributed by atoms with van der Waals surface area (Å²) in [7, 11) is 0. The molecule has 0 bridgehead atoms. The Hall–Kier alpha value is -1.77. The number of H-pyrrole nitrogens is 2. The Morgan fingerprint density at radius 3 is 3.00 bits per heavy atom. The summed E-state index contributed by atoms with van der Waals surface area (Å²) < 4.78 is 0. The zero-order chi connectivity index (χ0) is 7.97. The van der Waals surface area contributed by atoms with Crippen LogP contribution in [0.3, 0.4) is 0 Å². The van der Waals surface area contributed by atoms with Gasteiger partial charge in [-0.3, -0.25) is 5.10 Å². The van der Waals surface area contributed by atoms with E-state index in [1.165, 1.54) is 5.56 Å². The van der Waals surface area contributed by atoms with Crippen LogP contribution in [-0.4, -0.2) is 15.2 Å². The van der Waals surface area contributed by atoms with E-state index in [9.17, 15) is 0 Å². The predicted molar refractivity (Wildman–Crippen MR) is 46.2 cm³/mol. The van der Waals surface area contributed by atoms with E-state index in [2.05, 4.69) is 21.2 Å². The Bertz CT molecular complexity index is 447. The third kappa shape index (κ3) is 0.676. The van der Waals surface area contributed by atoms with Crippen LogP contribution < -0.4 is 0 Å². The number of aromatic amines is 2. The molecule has 0 spiro atoms. The molecule has 0 aromatic heterocycles. The van der Waals surface area contributed by atoms with Gasteiger partial charge in [0.1, 0.15) is 0 Å². The summed E-state index contributed by atoms with van der Waals surface area (Å²) in [6.45, 7) is 0. The molecule has 0 aromatic carbocycles. The van der Waals surface area contributed by atoms with E-state index in [-0.39, 0.29) is 0 Å². The quantitative estimate of drug-likeness (QED) is 0.514. The summed E-state index contributed by atoms with van der Waals surface area (Å²) in [6, 6.07) is 10.1. The smallest absolute Gasteiger partial charge is 0.175 e. The molecule has 0 aromatic rings. The molecule has 2 heterocycles. The van der Waals surface area contributed by atoms with Gasteiger partial charge in [0.05, 0.1) is 11.4 Å². The van der Waals surface area contributed by atoms with Crippen molar-refractivity contribution in [3.05, 3.63) is 30.3 Å². The highest BCUT2D eigenvalue weighted by molar-refractivity contribution is 5.82. The zero-order valence-electron chi connectivity index (χ0n) is 6.33. The molecule has 3 nitrogen and oxygen atoms in total. The standard InChI is InChI=1S/C9H7N3/c1-2-4-6-7(5-3-1)11-12-9-8(6)10-9/h1-5,11H,(H,10,12). The minimum absolute atomic E-state index is 0.966. The first-order chi connectivity index (χ1) is 5.95. The summed E-state index contributed by atoms with van der Waals surface area (Å²) in [4.78, 5) is 3.10. The van der Waals surface area contributed by atoms with Gasteiger partial charge in [-0.05, 0) is 6.07 Å². The lowest BCUT2D eigenvalue weighted by molar-refractivity contribution is 1.06. The highest BCUT2D eigenvalue weighted by Gasteiger charge is 2.19. The Kier molecular flexibility index (Phi) is 0.913. The number of nitrogens with zero attached hydrogens (tertiary/aromatic N) is 1. The molecule has 3 heteroatoms. The zero-order valence-corrected chi connectivity index (χ0v) is 6.33. The monoisotopic (exact) mass is 157 g/mol. The lowest BCUT2D eigenvalue weighted by Crippen LogP contribution is -1.85. The van der Waals surface area contributed by atoms with E-state index < -0.39 is 0 Å². The maximum Gasteiger partial charge on any atom is 0.175 e. The molecule has 0 atom stereocenters. The molecule has 12 heavy (non-hydrogen) atoms. The van der Waals surface area contributed by atoms with Crippen molar-refractivity contribution in [1.82, 2.24) is 15.2 Å². The lowest BCUT2D eigenvalue weighted by Gasteiger charge is -1.96. The molecule has 0 radical (unpaired) electrons. The minimum atomic E-state index is 0.966. The lowest BCUT2D eigenvalue weighted by atomic mass is 10.2. The van der Waals surface area contributed by atoms with Crippen LogP contribution in [0.25, 0.3) is 22.8 Å². The maximum atomic E-state index is 4.09. The van der Waals surface area contributed by atoms with Crippen molar-refractivity contribution in [3.63, 3.8) is 0 Å². The first kappa shape index (κ1) is 5.83. The molecule has 0 saturated heterocycles. The molecular weight excluding hydrogens is 150 g/mol. The van der Waals surface area contributed by atoms with E-state index in [1.54, 1.807) is 0 Å². The summed E-state index contributed by atoms with van der Waals surface area (Å²) in [5.74, 6) is 0.966. The first-order valence-corrected chi connectivity index (χ1v) is 3.86. The van der Waals surface area contributed by atoms with Crippen LogP contribution in [0.1, 0.15) is 0 Å². The van der Waals surface area contributed by atoms with Crippen molar-refractivity contribution in [3.8, 4) is 22.8 Å². The normalized spacial score (nSPS) is 11.3.